The van der Waals surface area contributed by atoms with Crippen molar-refractivity contribution in [2.45, 2.75) is 19.3 Å². The Labute approximate surface area is 84.2 Å². The molecule has 3 N–H and O–H groups in total. The maximum Gasteiger partial charge on any atom is 0.488 e. The van der Waals surface area contributed by atoms with Crippen LogP contribution in [0.5, 0.6) is 0 Å². The van der Waals surface area contributed by atoms with Crippen molar-refractivity contribution >= 4 is 12.6 Å². The van der Waals surface area contributed by atoms with E-state index in [-0.39, 0.29) is 12.0 Å². The Morgan fingerprint density at radius 1 is 1.29 bits per heavy atom. The summed E-state index contributed by atoms with van der Waals surface area (Å²) in [5.41, 5.74) is 0.986. The van der Waals surface area contributed by atoms with Crippen LogP contribution in [-0.2, 0) is 5.41 Å². The normalized spacial score (nSPS) is 11.5. The molecule has 3 nitrogen and oxygen atoms in total. The molecular weight excluding hydrogens is 179 g/mol. The summed E-state index contributed by atoms with van der Waals surface area (Å²) in [6.45, 7) is 3.82. The monoisotopic (exact) mass is 194 g/mol. The largest absolute Gasteiger partial charge is 0.488 e. The number of rotatable bonds is 3. The van der Waals surface area contributed by atoms with Crippen molar-refractivity contribution < 1.29 is 15.2 Å². The standard InChI is InChI=1S/C10H15BO3/c1-10(2,7-12)8-4-3-5-9(6-8)11(13)14/h3-6,12-14H,7H2,1-2H3. The number of hydrogen-bond donors (Lipinski definition) is 3. The van der Waals surface area contributed by atoms with Gasteiger partial charge in [0.2, 0.25) is 0 Å². The Hall–Kier alpha value is -0.835. The minimum absolute atomic E-state index is 0.0258. The molecule has 0 fully saturated rings. The molecule has 0 saturated carbocycles. The molecule has 0 aliphatic rings. The average molecular weight is 194 g/mol. The van der Waals surface area contributed by atoms with Crippen molar-refractivity contribution in [2.24, 2.45) is 0 Å². The van der Waals surface area contributed by atoms with Crippen LogP contribution in [-0.4, -0.2) is 28.9 Å². The molecule has 0 saturated heterocycles. The Balaban J connectivity index is 3.05. The van der Waals surface area contributed by atoms with Gasteiger partial charge in [0, 0.05) is 5.41 Å². The summed E-state index contributed by atoms with van der Waals surface area (Å²) >= 11 is 0. The SMILES string of the molecule is CC(C)(CO)c1cccc(B(O)O)c1. The molecule has 76 valence electrons. The topological polar surface area (TPSA) is 60.7 Å². The third-order valence-corrected chi connectivity index (χ3v) is 2.36. The van der Waals surface area contributed by atoms with Crippen LogP contribution in [0.1, 0.15) is 19.4 Å². The lowest BCUT2D eigenvalue weighted by Gasteiger charge is -2.22. The van der Waals surface area contributed by atoms with Crippen LogP contribution in [0, 0.1) is 0 Å². The lowest BCUT2D eigenvalue weighted by Crippen LogP contribution is -2.32. The number of hydrogen-bond acceptors (Lipinski definition) is 3. The molecule has 1 aromatic carbocycles. The fourth-order valence-corrected chi connectivity index (χ4v) is 1.21. The van der Waals surface area contributed by atoms with Crippen LogP contribution < -0.4 is 5.46 Å². The third-order valence-electron chi connectivity index (χ3n) is 2.36. The molecular formula is C10H15BO3. The zero-order valence-corrected chi connectivity index (χ0v) is 8.44. The molecule has 14 heavy (non-hydrogen) atoms. The van der Waals surface area contributed by atoms with E-state index in [9.17, 15) is 0 Å². The van der Waals surface area contributed by atoms with Crippen molar-refractivity contribution in [2.75, 3.05) is 6.61 Å². The first-order valence-corrected chi connectivity index (χ1v) is 4.55. The quantitative estimate of drug-likeness (QED) is 0.575. The maximum atomic E-state index is 9.15. The molecule has 0 amide bonds. The first kappa shape index (κ1) is 11.2. The maximum absolute atomic E-state index is 9.15. The molecule has 0 spiro atoms. The van der Waals surface area contributed by atoms with Crippen LogP contribution in [0.15, 0.2) is 24.3 Å². The zero-order valence-electron chi connectivity index (χ0n) is 8.44. The zero-order chi connectivity index (χ0) is 10.8. The van der Waals surface area contributed by atoms with E-state index in [0.717, 1.165) is 5.56 Å². The van der Waals surface area contributed by atoms with Gasteiger partial charge in [0.1, 0.15) is 0 Å². The third kappa shape index (κ3) is 2.35. The summed E-state index contributed by atoms with van der Waals surface area (Å²) in [6.07, 6.45) is 0. The van der Waals surface area contributed by atoms with Gasteiger partial charge >= 0.3 is 7.12 Å². The van der Waals surface area contributed by atoms with Gasteiger partial charge in [-0.2, -0.15) is 0 Å². The molecule has 1 aromatic rings. The van der Waals surface area contributed by atoms with Gasteiger partial charge in [-0.05, 0) is 11.0 Å². The summed E-state index contributed by atoms with van der Waals surface area (Å²) < 4.78 is 0. The summed E-state index contributed by atoms with van der Waals surface area (Å²) in [5.74, 6) is 0. The second-order valence-electron chi connectivity index (χ2n) is 4.04. The van der Waals surface area contributed by atoms with E-state index in [0.29, 0.717) is 5.46 Å². The molecule has 0 atom stereocenters. The summed E-state index contributed by atoms with van der Waals surface area (Å²) in [5, 5.41) is 27.1. The molecule has 0 aliphatic heterocycles. The fraction of sp³-hybridized carbons (Fsp3) is 0.400. The molecule has 0 aromatic heterocycles. The van der Waals surface area contributed by atoms with Crippen LogP contribution in [0.4, 0.5) is 0 Å². The molecule has 0 aliphatic carbocycles. The van der Waals surface area contributed by atoms with Crippen molar-refractivity contribution in [3.63, 3.8) is 0 Å². The van der Waals surface area contributed by atoms with Crippen LogP contribution in [0.3, 0.4) is 0 Å². The molecule has 0 unspecified atom stereocenters. The second-order valence-corrected chi connectivity index (χ2v) is 4.04. The van der Waals surface area contributed by atoms with Crippen molar-refractivity contribution in [3.05, 3.63) is 29.8 Å². The second kappa shape index (κ2) is 4.13. The lowest BCUT2D eigenvalue weighted by atomic mass is 9.76. The van der Waals surface area contributed by atoms with Gasteiger partial charge in [0.25, 0.3) is 0 Å². The van der Waals surface area contributed by atoms with Crippen molar-refractivity contribution in [1.29, 1.82) is 0 Å². The van der Waals surface area contributed by atoms with E-state index < -0.39 is 7.12 Å². The summed E-state index contributed by atoms with van der Waals surface area (Å²) in [4.78, 5) is 0. The highest BCUT2D eigenvalue weighted by molar-refractivity contribution is 6.58. The van der Waals surface area contributed by atoms with E-state index in [2.05, 4.69) is 0 Å². The van der Waals surface area contributed by atoms with Gasteiger partial charge in [-0.25, -0.2) is 0 Å². The van der Waals surface area contributed by atoms with Crippen molar-refractivity contribution in [1.82, 2.24) is 0 Å². The van der Waals surface area contributed by atoms with Crippen LogP contribution in [0.25, 0.3) is 0 Å². The van der Waals surface area contributed by atoms with E-state index in [1.165, 1.54) is 0 Å². The van der Waals surface area contributed by atoms with Gasteiger partial charge in [0.15, 0.2) is 0 Å². The first-order valence-electron chi connectivity index (χ1n) is 4.55. The smallest absolute Gasteiger partial charge is 0.423 e. The Morgan fingerprint density at radius 3 is 2.43 bits per heavy atom. The highest BCUT2D eigenvalue weighted by Crippen LogP contribution is 2.20. The lowest BCUT2D eigenvalue weighted by molar-refractivity contribution is 0.218. The van der Waals surface area contributed by atoms with Gasteiger partial charge in [-0.1, -0.05) is 38.1 Å². The van der Waals surface area contributed by atoms with Crippen LogP contribution >= 0.6 is 0 Å². The van der Waals surface area contributed by atoms with E-state index >= 15 is 0 Å². The number of aliphatic hydroxyl groups is 1. The predicted octanol–water partition coefficient (Wildman–Crippen LogP) is -0.364. The van der Waals surface area contributed by atoms with Crippen LogP contribution in [0.2, 0.25) is 0 Å². The minimum Gasteiger partial charge on any atom is -0.423 e. The molecule has 1 rings (SSSR count). The Kier molecular flexibility index (Phi) is 3.31. The fourth-order valence-electron chi connectivity index (χ4n) is 1.21. The van der Waals surface area contributed by atoms with E-state index in [4.69, 9.17) is 15.2 Å². The molecule has 4 heteroatoms. The first-order chi connectivity index (χ1) is 6.47. The molecule has 0 radical (unpaired) electrons. The Morgan fingerprint density at radius 2 is 1.93 bits per heavy atom. The number of aliphatic hydroxyl groups excluding tert-OH is 1. The molecule has 0 bridgehead atoms. The molecule has 0 heterocycles. The van der Waals surface area contributed by atoms with E-state index in [1.807, 2.05) is 19.9 Å². The van der Waals surface area contributed by atoms with Crippen molar-refractivity contribution in [3.8, 4) is 0 Å². The van der Waals surface area contributed by atoms with E-state index in [1.54, 1.807) is 18.2 Å². The minimum atomic E-state index is -1.45. The van der Waals surface area contributed by atoms with Gasteiger partial charge < -0.3 is 15.2 Å². The highest BCUT2D eigenvalue weighted by Gasteiger charge is 2.21. The Bertz CT molecular complexity index is 310. The average Bonchev–Trinajstić information content (AvgIpc) is 2.18. The summed E-state index contributed by atoms with van der Waals surface area (Å²) in [6, 6.07) is 6.95. The summed E-state index contributed by atoms with van der Waals surface area (Å²) in [7, 11) is -1.45. The van der Waals surface area contributed by atoms with Gasteiger partial charge in [-0.3, -0.25) is 0 Å². The number of benzene rings is 1. The van der Waals surface area contributed by atoms with Gasteiger partial charge in [-0.15, -0.1) is 0 Å². The highest BCUT2D eigenvalue weighted by atomic mass is 16.4. The predicted molar refractivity (Wildman–Crippen MR) is 56.4 cm³/mol. The van der Waals surface area contributed by atoms with Gasteiger partial charge in [0.05, 0.1) is 6.61 Å².